The summed E-state index contributed by atoms with van der Waals surface area (Å²) in [7, 11) is 0. The summed E-state index contributed by atoms with van der Waals surface area (Å²) in [5.41, 5.74) is 0. The maximum absolute atomic E-state index is 10.5. The minimum Gasteiger partial charge on any atom is -0.492 e. The molecule has 76 valence electrons. The van der Waals surface area contributed by atoms with Crippen molar-refractivity contribution in [2.24, 2.45) is 0 Å². The Bertz CT molecular complexity index is 288. The summed E-state index contributed by atoms with van der Waals surface area (Å²) in [5.74, 6) is -0.499. The monoisotopic (exact) mass is 214 g/mol. The van der Waals surface area contributed by atoms with Gasteiger partial charge in [-0.05, 0) is 12.1 Å². The number of hydrogen-bond donors (Lipinski definition) is 2. The van der Waals surface area contributed by atoms with Crippen molar-refractivity contribution < 1.29 is 19.2 Å². The van der Waals surface area contributed by atoms with Crippen LogP contribution in [0.2, 0.25) is 0 Å². The van der Waals surface area contributed by atoms with E-state index in [0.717, 1.165) is 0 Å². The van der Waals surface area contributed by atoms with E-state index in [0.29, 0.717) is 5.75 Å². The van der Waals surface area contributed by atoms with Gasteiger partial charge in [0.1, 0.15) is 12.4 Å². The second kappa shape index (κ2) is 5.51. The minimum atomic E-state index is -1.09. The van der Waals surface area contributed by atoms with Crippen molar-refractivity contribution >= 4 is 18.0 Å². The van der Waals surface area contributed by atoms with E-state index in [4.69, 9.17) is 14.4 Å². The van der Waals surface area contributed by atoms with Crippen LogP contribution in [0.25, 0.3) is 0 Å². The molecule has 0 aliphatic rings. The Hall–Kier alpha value is -1.20. The van der Waals surface area contributed by atoms with Gasteiger partial charge in [-0.1, -0.05) is 18.2 Å². The smallest absolute Gasteiger partial charge is 0.322 e. The highest BCUT2D eigenvalue weighted by Crippen LogP contribution is 2.12. The van der Waals surface area contributed by atoms with Crippen LogP contribution < -0.4 is 4.74 Å². The Kier molecular flexibility index (Phi) is 4.28. The summed E-state index contributed by atoms with van der Waals surface area (Å²) in [6.07, 6.45) is 0. The van der Waals surface area contributed by atoms with Gasteiger partial charge in [-0.2, -0.15) is 0 Å². The van der Waals surface area contributed by atoms with Crippen molar-refractivity contribution in [1.82, 2.24) is 0 Å². The van der Waals surface area contributed by atoms with Crippen molar-refractivity contribution in [3.8, 4) is 5.75 Å². The van der Waals surface area contributed by atoms with E-state index in [9.17, 15) is 4.79 Å². The Morgan fingerprint density at radius 1 is 1.43 bits per heavy atom. The lowest BCUT2D eigenvalue weighted by molar-refractivity contribution is -0.136. The van der Waals surface area contributed by atoms with Crippen molar-refractivity contribution in [3.05, 3.63) is 30.3 Å². The molecular weight excluding hydrogens is 204 g/mol. The predicted octanol–water partition coefficient (Wildman–Crippen LogP) is 1.72. The van der Waals surface area contributed by atoms with Crippen LogP contribution in [-0.2, 0) is 4.79 Å². The van der Waals surface area contributed by atoms with Gasteiger partial charge < -0.3 is 14.4 Å². The molecule has 0 fully saturated rings. The third-order valence-corrected chi connectivity index (χ3v) is 2.14. The average Bonchev–Trinajstić information content (AvgIpc) is 2.20. The number of para-hydroxylation sites is 1. The van der Waals surface area contributed by atoms with Crippen LogP contribution in [0.3, 0.4) is 0 Å². The molecule has 1 aromatic rings. The predicted molar refractivity (Wildman–Crippen MR) is 53.6 cm³/mol. The second-order valence-electron chi connectivity index (χ2n) is 2.56. The molecule has 0 amide bonds. The third kappa shape index (κ3) is 3.27. The van der Waals surface area contributed by atoms with Crippen molar-refractivity contribution in [2.45, 2.75) is 5.25 Å². The molecule has 1 rings (SSSR count). The first-order valence-corrected chi connectivity index (χ1v) is 4.78. The van der Waals surface area contributed by atoms with Crippen LogP contribution in [-0.4, -0.2) is 27.5 Å². The summed E-state index contributed by atoms with van der Waals surface area (Å²) >= 11 is 0.273. The number of hydrogen-bond acceptors (Lipinski definition) is 4. The fourth-order valence-electron chi connectivity index (χ4n) is 0.835. The fraction of sp³-hybridized carbons (Fsp3) is 0.222. The standard InChI is InChI=1S/C9H10O4S/c10-9(11)8(14-12)6-13-7-4-2-1-3-5-7/h1-5,8,12H,6H2,(H,10,11). The van der Waals surface area contributed by atoms with E-state index >= 15 is 0 Å². The van der Waals surface area contributed by atoms with Gasteiger partial charge in [0.25, 0.3) is 0 Å². The van der Waals surface area contributed by atoms with E-state index in [1.54, 1.807) is 24.3 Å². The second-order valence-corrected chi connectivity index (χ2v) is 3.34. The number of ether oxygens (including phenoxy) is 1. The molecule has 0 heterocycles. The molecule has 4 nitrogen and oxygen atoms in total. The molecule has 1 atom stereocenters. The van der Waals surface area contributed by atoms with Crippen LogP contribution in [0, 0.1) is 0 Å². The van der Waals surface area contributed by atoms with Gasteiger partial charge in [0, 0.05) is 12.0 Å². The highest BCUT2D eigenvalue weighted by molar-refractivity contribution is 7.95. The lowest BCUT2D eigenvalue weighted by Gasteiger charge is -2.09. The van der Waals surface area contributed by atoms with Crippen LogP contribution in [0.1, 0.15) is 0 Å². The van der Waals surface area contributed by atoms with Crippen molar-refractivity contribution in [1.29, 1.82) is 0 Å². The molecular formula is C9H10O4S. The highest BCUT2D eigenvalue weighted by Gasteiger charge is 2.18. The maximum atomic E-state index is 10.5. The SMILES string of the molecule is O=C(O)C(COc1ccccc1)SO. The molecule has 0 saturated carbocycles. The van der Waals surface area contributed by atoms with Crippen molar-refractivity contribution in [2.75, 3.05) is 6.61 Å². The molecule has 1 aromatic carbocycles. The number of carbonyl (C=O) groups is 1. The first-order chi connectivity index (χ1) is 6.74. The Morgan fingerprint density at radius 3 is 2.57 bits per heavy atom. The fourth-order valence-corrected chi connectivity index (χ4v) is 1.05. The molecule has 0 spiro atoms. The Morgan fingerprint density at radius 2 is 2.07 bits per heavy atom. The zero-order chi connectivity index (χ0) is 10.4. The van der Waals surface area contributed by atoms with Crippen LogP contribution >= 0.6 is 12.0 Å². The van der Waals surface area contributed by atoms with Crippen LogP contribution in [0.15, 0.2) is 30.3 Å². The summed E-state index contributed by atoms with van der Waals surface area (Å²) in [4.78, 5) is 10.5. The van der Waals surface area contributed by atoms with Gasteiger partial charge in [0.15, 0.2) is 5.25 Å². The van der Waals surface area contributed by atoms with E-state index in [-0.39, 0.29) is 18.6 Å². The van der Waals surface area contributed by atoms with Gasteiger partial charge in [-0.25, -0.2) is 0 Å². The van der Waals surface area contributed by atoms with Gasteiger partial charge in [0.2, 0.25) is 0 Å². The zero-order valence-corrected chi connectivity index (χ0v) is 8.11. The van der Waals surface area contributed by atoms with E-state index < -0.39 is 11.2 Å². The zero-order valence-electron chi connectivity index (χ0n) is 7.29. The highest BCUT2D eigenvalue weighted by atomic mass is 32.2. The molecule has 0 aromatic heterocycles. The first-order valence-electron chi connectivity index (χ1n) is 3.95. The summed E-state index contributed by atoms with van der Waals surface area (Å²) in [5, 5.41) is 7.64. The molecule has 14 heavy (non-hydrogen) atoms. The largest absolute Gasteiger partial charge is 0.492 e. The number of aliphatic carboxylic acids is 1. The summed E-state index contributed by atoms with van der Waals surface area (Å²) < 4.78 is 13.8. The summed E-state index contributed by atoms with van der Waals surface area (Å²) in [6.45, 7) is -0.0550. The molecule has 0 aliphatic carbocycles. The van der Waals surface area contributed by atoms with E-state index in [1.165, 1.54) is 0 Å². The quantitative estimate of drug-likeness (QED) is 0.730. The maximum Gasteiger partial charge on any atom is 0.322 e. The normalized spacial score (nSPS) is 12.1. The van der Waals surface area contributed by atoms with Gasteiger partial charge in [-0.3, -0.25) is 4.79 Å². The van der Waals surface area contributed by atoms with Gasteiger partial charge >= 0.3 is 5.97 Å². The topological polar surface area (TPSA) is 66.8 Å². The Labute approximate surface area is 85.7 Å². The van der Waals surface area contributed by atoms with Crippen LogP contribution in [0.4, 0.5) is 0 Å². The summed E-state index contributed by atoms with van der Waals surface area (Å²) in [6, 6.07) is 8.86. The first kappa shape index (κ1) is 10.9. The average molecular weight is 214 g/mol. The third-order valence-electron chi connectivity index (χ3n) is 1.55. The lowest BCUT2D eigenvalue weighted by atomic mass is 10.3. The number of carboxylic acid groups (broad SMARTS) is 1. The minimum absolute atomic E-state index is 0.0550. The van der Waals surface area contributed by atoms with Gasteiger partial charge in [0.05, 0.1) is 0 Å². The molecule has 2 N–H and O–H groups in total. The Balaban J connectivity index is 2.44. The molecule has 0 radical (unpaired) electrons. The number of rotatable bonds is 5. The molecule has 5 heteroatoms. The number of carboxylic acids is 1. The van der Waals surface area contributed by atoms with Crippen molar-refractivity contribution in [3.63, 3.8) is 0 Å². The lowest BCUT2D eigenvalue weighted by Crippen LogP contribution is -2.23. The van der Waals surface area contributed by atoms with Gasteiger partial charge in [-0.15, -0.1) is 0 Å². The van der Waals surface area contributed by atoms with E-state index in [1.807, 2.05) is 6.07 Å². The number of benzene rings is 1. The molecule has 0 saturated heterocycles. The molecule has 0 aliphatic heterocycles. The molecule has 1 unspecified atom stereocenters. The molecule has 0 bridgehead atoms. The van der Waals surface area contributed by atoms with Crippen LogP contribution in [0.5, 0.6) is 5.75 Å². The van der Waals surface area contributed by atoms with E-state index in [2.05, 4.69) is 0 Å².